The Hall–Kier alpha value is -3.41. The van der Waals surface area contributed by atoms with Gasteiger partial charge in [-0.25, -0.2) is 0 Å². The Morgan fingerprint density at radius 2 is 1.38 bits per heavy atom. The monoisotopic (exact) mass is 389 g/mol. The van der Waals surface area contributed by atoms with E-state index in [-0.39, 0.29) is 17.7 Å². The summed E-state index contributed by atoms with van der Waals surface area (Å²) in [6, 6.07) is 21.3. The van der Waals surface area contributed by atoms with Crippen LogP contribution in [0.15, 0.2) is 71.3 Å². The first-order chi connectivity index (χ1) is 14.1. The van der Waals surface area contributed by atoms with E-state index in [1.165, 1.54) is 0 Å². The van der Waals surface area contributed by atoms with E-state index < -0.39 is 0 Å². The van der Waals surface area contributed by atoms with E-state index in [0.717, 1.165) is 11.1 Å². The van der Waals surface area contributed by atoms with Gasteiger partial charge in [0.1, 0.15) is 5.76 Å². The average molecular weight is 389 g/mol. The molecular formula is C23H23N3O3. The van der Waals surface area contributed by atoms with Crippen molar-refractivity contribution < 1.29 is 14.1 Å². The maximum atomic E-state index is 13.4. The van der Waals surface area contributed by atoms with Crippen molar-refractivity contribution in [1.82, 2.24) is 15.0 Å². The van der Waals surface area contributed by atoms with Gasteiger partial charge in [-0.05, 0) is 18.1 Å². The van der Waals surface area contributed by atoms with Gasteiger partial charge >= 0.3 is 0 Å². The first-order valence-electron chi connectivity index (χ1n) is 9.75. The van der Waals surface area contributed by atoms with Crippen LogP contribution >= 0.6 is 0 Å². The second-order valence-electron chi connectivity index (χ2n) is 7.19. The van der Waals surface area contributed by atoms with Crippen LogP contribution < -0.4 is 0 Å². The van der Waals surface area contributed by atoms with Gasteiger partial charge in [-0.1, -0.05) is 65.8 Å². The molecule has 6 heteroatoms. The van der Waals surface area contributed by atoms with Crippen LogP contribution in [-0.2, 0) is 4.79 Å². The van der Waals surface area contributed by atoms with Gasteiger partial charge in [0.25, 0.3) is 5.91 Å². The highest BCUT2D eigenvalue weighted by atomic mass is 16.5. The van der Waals surface area contributed by atoms with Crippen LogP contribution in [-0.4, -0.2) is 52.9 Å². The predicted octanol–water partition coefficient (Wildman–Crippen LogP) is 3.10. The molecule has 1 saturated heterocycles. The summed E-state index contributed by atoms with van der Waals surface area (Å²) in [5.74, 6) is 0.164. The molecule has 2 aromatic carbocycles. The van der Waals surface area contributed by atoms with E-state index in [1.807, 2.05) is 65.6 Å². The molecule has 3 aromatic rings. The van der Waals surface area contributed by atoms with Crippen molar-refractivity contribution in [2.75, 3.05) is 26.2 Å². The fraction of sp³-hybridized carbons (Fsp3) is 0.261. The summed E-state index contributed by atoms with van der Waals surface area (Å²) in [6.07, 6.45) is 0. The third-order valence-electron chi connectivity index (χ3n) is 5.24. The van der Waals surface area contributed by atoms with Crippen LogP contribution in [0, 0.1) is 6.92 Å². The van der Waals surface area contributed by atoms with Crippen LogP contribution in [0.25, 0.3) is 0 Å². The number of nitrogens with zero attached hydrogens (tertiary/aromatic N) is 3. The number of rotatable bonds is 4. The van der Waals surface area contributed by atoms with Gasteiger partial charge in [-0.2, -0.15) is 0 Å². The zero-order valence-corrected chi connectivity index (χ0v) is 16.3. The van der Waals surface area contributed by atoms with E-state index in [0.29, 0.717) is 37.6 Å². The highest BCUT2D eigenvalue weighted by molar-refractivity contribution is 5.92. The number of hydrogen-bond acceptors (Lipinski definition) is 4. The van der Waals surface area contributed by atoms with Crippen LogP contribution in [0.3, 0.4) is 0 Å². The summed E-state index contributed by atoms with van der Waals surface area (Å²) < 4.78 is 5.00. The summed E-state index contributed by atoms with van der Waals surface area (Å²) in [6.45, 7) is 3.71. The molecule has 2 amide bonds. The number of benzene rings is 2. The van der Waals surface area contributed by atoms with Crippen molar-refractivity contribution in [2.24, 2.45) is 0 Å². The molecule has 0 bridgehead atoms. The fourth-order valence-electron chi connectivity index (χ4n) is 3.71. The summed E-state index contributed by atoms with van der Waals surface area (Å²) >= 11 is 0. The molecule has 1 aliphatic rings. The molecule has 4 rings (SSSR count). The first-order valence-corrected chi connectivity index (χ1v) is 9.75. The topological polar surface area (TPSA) is 66.7 Å². The molecule has 0 aliphatic carbocycles. The number of aromatic nitrogens is 1. The highest BCUT2D eigenvalue weighted by Gasteiger charge is 2.31. The highest BCUT2D eigenvalue weighted by Crippen LogP contribution is 2.27. The molecule has 0 radical (unpaired) electrons. The van der Waals surface area contributed by atoms with Crippen molar-refractivity contribution in [1.29, 1.82) is 0 Å². The van der Waals surface area contributed by atoms with Gasteiger partial charge < -0.3 is 14.3 Å². The third kappa shape index (κ3) is 4.06. The lowest BCUT2D eigenvalue weighted by Crippen LogP contribution is -2.51. The Bertz CT molecular complexity index is 937. The number of aryl methyl sites for hydroxylation is 1. The lowest BCUT2D eigenvalue weighted by Gasteiger charge is -2.36. The van der Waals surface area contributed by atoms with Crippen LogP contribution in [0.2, 0.25) is 0 Å². The maximum Gasteiger partial charge on any atom is 0.276 e. The Balaban J connectivity index is 1.49. The van der Waals surface area contributed by atoms with E-state index in [1.54, 1.807) is 17.9 Å². The van der Waals surface area contributed by atoms with E-state index in [4.69, 9.17) is 4.52 Å². The molecule has 0 unspecified atom stereocenters. The Morgan fingerprint density at radius 1 is 0.862 bits per heavy atom. The number of piperazine rings is 1. The van der Waals surface area contributed by atoms with Gasteiger partial charge in [0.15, 0.2) is 5.69 Å². The van der Waals surface area contributed by atoms with Crippen molar-refractivity contribution in [3.8, 4) is 0 Å². The molecule has 0 spiro atoms. The van der Waals surface area contributed by atoms with Gasteiger partial charge in [-0.3, -0.25) is 9.59 Å². The number of carbonyl (C=O) groups excluding carboxylic acids is 2. The van der Waals surface area contributed by atoms with Crippen molar-refractivity contribution in [3.05, 3.63) is 89.3 Å². The Morgan fingerprint density at radius 3 is 1.86 bits per heavy atom. The molecule has 1 aromatic heterocycles. The van der Waals surface area contributed by atoms with Crippen molar-refractivity contribution in [2.45, 2.75) is 12.8 Å². The lowest BCUT2D eigenvalue weighted by molar-refractivity contribution is -0.133. The Labute approximate surface area is 169 Å². The van der Waals surface area contributed by atoms with E-state index in [9.17, 15) is 9.59 Å². The summed E-state index contributed by atoms with van der Waals surface area (Å²) in [7, 11) is 0. The van der Waals surface area contributed by atoms with Crippen molar-refractivity contribution >= 4 is 11.8 Å². The van der Waals surface area contributed by atoms with E-state index in [2.05, 4.69) is 5.16 Å². The molecule has 2 heterocycles. The molecule has 0 N–H and O–H groups in total. The Kier molecular flexibility index (Phi) is 5.42. The molecule has 6 nitrogen and oxygen atoms in total. The first kappa shape index (κ1) is 18.9. The van der Waals surface area contributed by atoms with Crippen molar-refractivity contribution in [3.63, 3.8) is 0 Å². The molecular weight excluding hydrogens is 366 g/mol. The minimum absolute atomic E-state index is 0.0618. The second-order valence-corrected chi connectivity index (χ2v) is 7.19. The van der Waals surface area contributed by atoms with Gasteiger partial charge in [0.05, 0.1) is 5.92 Å². The van der Waals surface area contributed by atoms with Crippen LogP contribution in [0.4, 0.5) is 0 Å². The quantitative estimate of drug-likeness (QED) is 0.688. The number of carbonyl (C=O) groups is 2. The fourth-order valence-corrected chi connectivity index (χ4v) is 3.71. The number of hydrogen-bond donors (Lipinski definition) is 0. The smallest absolute Gasteiger partial charge is 0.276 e. The minimum atomic E-state index is -0.349. The summed E-state index contributed by atoms with van der Waals surface area (Å²) in [4.78, 5) is 29.6. The molecule has 1 fully saturated rings. The van der Waals surface area contributed by atoms with E-state index >= 15 is 0 Å². The lowest BCUT2D eigenvalue weighted by atomic mass is 9.90. The normalized spacial score (nSPS) is 14.3. The molecule has 148 valence electrons. The molecule has 0 saturated carbocycles. The van der Waals surface area contributed by atoms with Crippen LogP contribution in [0.1, 0.15) is 33.3 Å². The van der Waals surface area contributed by atoms with Gasteiger partial charge in [0, 0.05) is 32.2 Å². The molecule has 0 atom stereocenters. The number of amides is 2. The SMILES string of the molecule is Cc1cc(C(=O)N2CCN(C(=O)C(c3ccccc3)c3ccccc3)CC2)no1. The summed E-state index contributed by atoms with van der Waals surface area (Å²) in [5.41, 5.74) is 2.26. The third-order valence-corrected chi connectivity index (χ3v) is 5.24. The van der Waals surface area contributed by atoms with Gasteiger partial charge in [-0.15, -0.1) is 0 Å². The summed E-state index contributed by atoms with van der Waals surface area (Å²) in [5, 5.41) is 3.81. The minimum Gasteiger partial charge on any atom is -0.361 e. The maximum absolute atomic E-state index is 13.4. The van der Waals surface area contributed by atoms with Gasteiger partial charge in [0.2, 0.25) is 5.91 Å². The molecule has 29 heavy (non-hydrogen) atoms. The second kappa shape index (κ2) is 8.31. The standard InChI is InChI=1S/C23H23N3O3/c1-17-16-20(24-29-17)22(27)25-12-14-26(15-13-25)23(28)21(18-8-4-2-5-9-18)19-10-6-3-7-11-19/h2-11,16,21H,12-15H2,1H3. The van der Waals surface area contributed by atoms with Crippen LogP contribution in [0.5, 0.6) is 0 Å². The average Bonchev–Trinajstić information content (AvgIpc) is 3.21. The largest absolute Gasteiger partial charge is 0.361 e. The zero-order chi connectivity index (χ0) is 20.2. The predicted molar refractivity (Wildman–Crippen MR) is 108 cm³/mol. The molecule has 1 aliphatic heterocycles. The zero-order valence-electron chi connectivity index (χ0n) is 16.3.